The minimum absolute atomic E-state index is 0.0206. The second kappa shape index (κ2) is 29.4. The Bertz CT molecular complexity index is 2620. The van der Waals surface area contributed by atoms with Gasteiger partial charge in [0.25, 0.3) is 11.5 Å². The molecule has 6 amide bonds. The maximum absolute atomic E-state index is 13.8. The normalized spacial score (nSPS) is 16.0. The SMILES string of the molecule is Nc1nc2ncc(CNc3ccc(C(=O)NC(CCC(=O)NC(C(=O)NC(C(=O)NCC(N)C(=O)NC(CC(=O)O)C(=O)NC(CS)C(=O)O)C(O)C(O)C(O)CO)C(O)C(O)C(O)CO)C(=O)O)cc3)nc2c(=O)[nH]1. The van der Waals surface area contributed by atoms with Crippen LogP contribution < -0.4 is 54.2 Å². The molecule has 0 aliphatic carbocycles. The second-order valence-corrected chi connectivity index (χ2v) is 16.8. The monoisotopic (exact) mass is 1100 g/mol. The van der Waals surface area contributed by atoms with Crippen LogP contribution in [-0.2, 0) is 44.9 Å². The molecule has 0 aliphatic rings. The van der Waals surface area contributed by atoms with Crippen LogP contribution in [0.4, 0.5) is 11.6 Å². The predicted molar refractivity (Wildman–Crippen MR) is 257 cm³/mol. The lowest BCUT2D eigenvalue weighted by Crippen LogP contribution is -2.65. The van der Waals surface area contributed by atoms with E-state index in [9.17, 15) is 104 Å². The summed E-state index contributed by atoms with van der Waals surface area (Å²) < 4.78 is 0. The molecule has 34 nitrogen and oxygen atoms in total. The minimum Gasteiger partial charge on any atom is -0.481 e. The van der Waals surface area contributed by atoms with E-state index in [1.807, 2.05) is 26.6 Å². The van der Waals surface area contributed by atoms with Gasteiger partial charge in [0.15, 0.2) is 11.2 Å². The molecule has 35 heteroatoms. The van der Waals surface area contributed by atoms with Crippen LogP contribution in [0.15, 0.2) is 35.3 Å². The number of amides is 6. The summed E-state index contributed by atoms with van der Waals surface area (Å²) in [5, 5.41) is 125. The van der Waals surface area contributed by atoms with Crippen molar-refractivity contribution in [2.24, 2.45) is 5.73 Å². The van der Waals surface area contributed by atoms with E-state index >= 15 is 0 Å². The van der Waals surface area contributed by atoms with Crippen molar-refractivity contribution in [2.75, 3.05) is 36.6 Å². The van der Waals surface area contributed by atoms with Gasteiger partial charge in [-0.1, -0.05) is 0 Å². The minimum atomic E-state index is -2.64. The first-order valence-electron chi connectivity index (χ1n) is 22.2. The number of anilines is 2. The molecule has 2 aromatic heterocycles. The molecular formula is C41H57N13O21S. The molecule has 3 aromatic rings. The molecule has 0 saturated heterocycles. The summed E-state index contributed by atoms with van der Waals surface area (Å²) in [4.78, 5) is 141. The molecule has 2 heterocycles. The number of carbonyl (C=O) groups excluding carboxylic acids is 6. The van der Waals surface area contributed by atoms with Crippen molar-refractivity contribution in [3.8, 4) is 0 Å². The van der Waals surface area contributed by atoms with Crippen molar-refractivity contribution in [1.29, 1.82) is 0 Å². The quantitative estimate of drug-likeness (QED) is 0.0266. The number of carboxylic acids is 3. The van der Waals surface area contributed by atoms with Gasteiger partial charge in [-0.3, -0.25) is 43.3 Å². The Labute approximate surface area is 432 Å². The number of aliphatic hydroxyl groups excluding tert-OH is 8. The fourth-order valence-corrected chi connectivity index (χ4v) is 6.71. The lowest BCUT2D eigenvalue weighted by atomic mass is 9.97. The van der Waals surface area contributed by atoms with Gasteiger partial charge in [0.1, 0.15) is 72.9 Å². The van der Waals surface area contributed by atoms with Gasteiger partial charge < -0.3 is 105 Å². The summed E-state index contributed by atoms with van der Waals surface area (Å²) in [5.41, 5.74) is 11.4. The van der Waals surface area contributed by atoms with Crippen LogP contribution in [0.25, 0.3) is 11.2 Å². The summed E-state index contributed by atoms with van der Waals surface area (Å²) >= 11 is 3.77. The summed E-state index contributed by atoms with van der Waals surface area (Å²) in [6.07, 6.45) is -16.1. The Morgan fingerprint density at radius 3 is 1.79 bits per heavy atom. The van der Waals surface area contributed by atoms with Crippen molar-refractivity contribution in [1.82, 2.24) is 51.8 Å². The van der Waals surface area contributed by atoms with Crippen LogP contribution in [0.2, 0.25) is 0 Å². The standard InChI is InChI=1S/C41H57N13O21S/c42-17(34(67)49-19(7-24(60)61)35(68)50-20(13-76)40(74)75)10-46-36(69)25(30(64)28(62)21(57)11-55)52-37(70)26(31(65)29(63)22(58)12-56)51-23(59)6-5-18(39(72)73)48-33(66)14-1-3-15(4-2-14)44-8-16-9-45-32-27(47-16)38(71)54-41(43)53-32/h1-4,9,17-22,25-26,28-31,44,55-58,62-65,76H,5-8,10-13,42H2,(H,46,69)(H,48,66)(H,49,67)(H,50,68)(H,51,59)(H,52,70)(H,60,61)(H,72,73)(H,74,75)(H3,43,45,53,54,71). The Morgan fingerprint density at radius 1 is 0.684 bits per heavy atom. The van der Waals surface area contributed by atoms with E-state index in [2.05, 4.69) is 43.2 Å². The smallest absolute Gasteiger partial charge is 0.327 e. The molecule has 0 aliphatic heterocycles. The van der Waals surface area contributed by atoms with Gasteiger partial charge >= 0.3 is 17.9 Å². The second-order valence-electron chi connectivity index (χ2n) is 16.4. The van der Waals surface area contributed by atoms with Crippen LogP contribution in [0.1, 0.15) is 35.3 Å². The van der Waals surface area contributed by atoms with Crippen molar-refractivity contribution in [3.63, 3.8) is 0 Å². The van der Waals surface area contributed by atoms with E-state index in [-0.39, 0.29) is 29.2 Å². The van der Waals surface area contributed by atoms with Gasteiger partial charge in [0, 0.05) is 30.0 Å². The number of fused-ring (bicyclic) bond motifs is 1. The fourth-order valence-electron chi connectivity index (χ4n) is 6.46. The molecule has 0 bridgehead atoms. The third-order valence-electron chi connectivity index (χ3n) is 10.7. The predicted octanol–water partition coefficient (Wildman–Crippen LogP) is -10.1. The zero-order valence-corrected chi connectivity index (χ0v) is 40.3. The lowest BCUT2D eigenvalue weighted by Gasteiger charge is -2.33. The summed E-state index contributed by atoms with van der Waals surface area (Å²) in [5.74, 6) is -13.7. The number of carbonyl (C=O) groups is 9. The first-order valence-corrected chi connectivity index (χ1v) is 22.8. The van der Waals surface area contributed by atoms with E-state index in [1.54, 1.807) is 0 Å². The number of rotatable bonds is 31. The number of nitrogens with one attached hydrogen (secondary N) is 8. The Balaban J connectivity index is 1.76. The Morgan fingerprint density at radius 2 is 1.25 bits per heavy atom. The van der Waals surface area contributed by atoms with Crippen molar-refractivity contribution in [2.45, 2.75) is 98.7 Å². The van der Waals surface area contributed by atoms with Crippen LogP contribution in [0, 0.1) is 0 Å². The highest BCUT2D eigenvalue weighted by molar-refractivity contribution is 7.80. The van der Waals surface area contributed by atoms with Gasteiger partial charge in [0.2, 0.25) is 35.5 Å². The molecule has 12 unspecified atom stereocenters. The molecule has 0 spiro atoms. The van der Waals surface area contributed by atoms with E-state index in [0.29, 0.717) is 11.4 Å². The maximum Gasteiger partial charge on any atom is 0.327 e. The zero-order valence-electron chi connectivity index (χ0n) is 39.4. The number of aliphatic hydroxyl groups is 8. The summed E-state index contributed by atoms with van der Waals surface area (Å²) in [6, 6.07) is -6.86. The highest BCUT2D eigenvalue weighted by atomic mass is 32.1. The molecule has 23 N–H and O–H groups in total. The van der Waals surface area contributed by atoms with Crippen LogP contribution in [-0.4, -0.2) is 228 Å². The number of aliphatic carboxylic acids is 3. The van der Waals surface area contributed by atoms with E-state index in [4.69, 9.17) is 11.5 Å². The van der Waals surface area contributed by atoms with Gasteiger partial charge in [-0.15, -0.1) is 0 Å². The average molecular weight is 1100 g/mol. The summed E-state index contributed by atoms with van der Waals surface area (Å²) in [7, 11) is 0. The molecule has 0 fully saturated rings. The topological polar surface area (TPSA) is 584 Å². The molecule has 0 radical (unpaired) electrons. The third kappa shape index (κ3) is 18.3. The number of aromatic nitrogens is 4. The van der Waals surface area contributed by atoms with Gasteiger partial charge in [-0.2, -0.15) is 17.6 Å². The van der Waals surface area contributed by atoms with E-state index in [1.165, 1.54) is 30.5 Å². The largest absolute Gasteiger partial charge is 0.481 e. The molecule has 1 aromatic carbocycles. The number of thiol groups is 1. The number of aromatic amines is 1. The lowest BCUT2D eigenvalue weighted by molar-refractivity contribution is -0.145. The number of hydrogen-bond donors (Lipinski definition) is 22. The van der Waals surface area contributed by atoms with Crippen molar-refractivity contribution >= 4 is 88.8 Å². The van der Waals surface area contributed by atoms with Crippen molar-refractivity contribution < 1.29 is 99.3 Å². The number of nitrogen functional groups attached to an aromatic ring is 1. The van der Waals surface area contributed by atoms with Crippen LogP contribution in [0.5, 0.6) is 0 Å². The zero-order chi connectivity index (χ0) is 57.1. The number of benzene rings is 1. The van der Waals surface area contributed by atoms with Gasteiger partial charge in [0.05, 0.1) is 38.1 Å². The molecule has 0 saturated carbocycles. The first-order chi connectivity index (χ1) is 35.7. The molecule has 3 rings (SSSR count). The highest BCUT2D eigenvalue weighted by Crippen LogP contribution is 2.14. The fraction of sp³-hybridized carbons (Fsp3) is 0.488. The average Bonchev–Trinajstić information content (AvgIpc) is 3.38. The van der Waals surface area contributed by atoms with Gasteiger partial charge in [-0.05, 0) is 30.7 Å². The Hall–Kier alpha value is -7.74. The van der Waals surface area contributed by atoms with Crippen molar-refractivity contribution in [3.05, 3.63) is 52.1 Å². The van der Waals surface area contributed by atoms with Crippen LogP contribution in [0.3, 0.4) is 0 Å². The summed E-state index contributed by atoms with van der Waals surface area (Å²) in [6.45, 7) is -3.46. The maximum atomic E-state index is 13.8. The number of hydrogen-bond acceptors (Lipinski definition) is 25. The van der Waals surface area contributed by atoms with Gasteiger partial charge in [-0.25, -0.2) is 19.6 Å². The third-order valence-corrected chi connectivity index (χ3v) is 11.1. The number of H-pyrrole nitrogens is 1. The number of carboxylic acid groups (broad SMARTS) is 3. The first kappa shape index (κ1) is 62.6. The highest BCUT2D eigenvalue weighted by Gasteiger charge is 2.42. The van der Waals surface area contributed by atoms with E-state index in [0.717, 1.165) is 0 Å². The Kier molecular flexibility index (Phi) is 24.2. The molecule has 76 heavy (non-hydrogen) atoms. The molecule has 418 valence electrons. The number of nitrogens with zero attached hydrogens (tertiary/aromatic N) is 3. The molecular weight excluding hydrogens is 1040 g/mol. The van der Waals surface area contributed by atoms with Crippen LogP contribution >= 0.6 is 12.6 Å². The van der Waals surface area contributed by atoms with E-state index < -0.39 is 177 Å². The number of nitrogens with two attached hydrogens (primary N) is 2. The molecule has 12 atom stereocenters.